The molecule has 0 aliphatic carbocycles. The highest BCUT2D eigenvalue weighted by Crippen LogP contribution is 2.25. The highest BCUT2D eigenvalue weighted by Gasteiger charge is 2.38. The minimum Gasteiger partial charge on any atom is -0.398 e. The van der Waals surface area contributed by atoms with Crippen LogP contribution in [0.4, 0.5) is 5.69 Å². The number of nitrogen functional groups attached to an aromatic ring is 1. The monoisotopic (exact) mass is 258 g/mol. The Morgan fingerprint density at radius 1 is 1.18 bits per heavy atom. The highest BCUT2D eigenvalue weighted by atomic mass is 32.2. The molecular formula is C10H14N2O4S. The van der Waals surface area contributed by atoms with Gasteiger partial charge in [0.15, 0.2) is 0 Å². The maximum absolute atomic E-state index is 12.2. The third kappa shape index (κ3) is 2.14. The van der Waals surface area contributed by atoms with Crippen molar-refractivity contribution in [3.8, 4) is 0 Å². The van der Waals surface area contributed by atoms with E-state index < -0.39 is 22.2 Å². The maximum Gasteiger partial charge on any atom is 0.245 e. The van der Waals surface area contributed by atoms with Gasteiger partial charge in [0, 0.05) is 13.1 Å². The van der Waals surface area contributed by atoms with E-state index in [1.807, 2.05) is 0 Å². The lowest BCUT2D eigenvalue weighted by atomic mass is 10.3. The van der Waals surface area contributed by atoms with Crippen LogP contribution in [0.25, 0.3) is 0 Å². The normalized spacial score (nSPS) is 26.2. The number of anilines is 1. The van der Waals surface area contributed by atoms with Gasteiger partial charge >= 0.3 is 0 Å². The van der Waals surface area contributed by atoms with Crippen molar-refractivity contribution in [2.24, 2.45) is 0 Å². The van der Waals surface area contributed by atoms with Crippen LogP contribution >= 0.6 is 0 Å². The SMILES string of the molecule is Nc1ccccc1S(=O)(=O)N1C[C@@H](O)[C@@H](O)C1. The molecule has 1 aromatic rings. The van der Waals surface area contributed by atoms with Crippen molar-refractivity contribution in [3.05, 3.63) is 24.3 Å². The second-order valence-electron chi connectivity index (χ2n) is 3.99. The quantitative estimate of drug-likeness (QED) is 0.590. The van der Waals surface area contributed by atoms with Gasteiger partial charge in [0.05, 0.1) is 17.9 Å². The molecule has 2 rings (SSSR count). The zero-order chi connectivity index (χ0) is 12.6. The van der Waals surface area contributed by atoms with E-state index in [1.165, 1.54) is 12.1 Å². The van der Waals surface area contributed by atoms with Gasteiger partial charge in [0.25, 0.3) is 0 Å². The molecule has 0 spiro atoms. The summed E-state index contributed by atoms with van der Waals surface area (Å²) in [4.78, 5) is 0.00120. The lowest BCUT2D eigenvalue weighted by molar-refractivity contribution is 0.0572. The van der Waals surface area contributed by atoms with Crippen molar-refractivity contribution < 1.29 is 18.6 Å². The number of para-hydroxylation sites is 1. The number of benzene rings is 1. The molecule has 0 unspecified atom stereocenters. The second kappa shape index (κ2) is 4.26. The minimum atomic E-state index is -3.75. The Hall–Kier alpha value is -1.15. The third-order valence-corrected chi connectivity index (χ3v) is 4.67. The summed E-state index contributed by atoms with van der Waals surface area (Å²) in [7, 11) is -3.75. The molecule has 6 nitrogen and oxygen atoms in total. The number of nitrogens with two attached hydrogens (primary N) is 1. The van der Waals surface area contributed by atoms with Gasteiger partial charge in [-0.25, -0.2) is 8.42 Å². The molecule has 1 fully saturated rings. The molecule has 1 aromatic carbocycles. The summed E-state index contributed by atoms with van der Waals surface area (Å²) in [6.45, 7) is -0.227. The molecule has 0 aromatic heterocycles. The van der Waals surface area contributed by atoms with E-state index in [9.17, 15) is 18.6 Å². The van der Waals surface area contributed by atoms with Crippen molar-refractivity contribution in [3.63, 3.8) is 0 Å². The van der Waals surface area contributed by atoms with Crippen molar-refractivity contribution in [2.75, 3.05) is 18.8 Å². The summed E-state index contributed by atoms with van der Waals surface area (Å²) < 4.78 is 25.4. The number of β-amino-alcohol motifs (C(OH)–C–C–N with tert-alkyl or cyclic N) is 2. The van der Waals surface area contributed by atoms with Crippen LogP contribution in [0.15, 0.2) is 29.2 Å². The van der Waals surface area contributed by atoms with E-state index in [0.717, 1.165) is 4.31 Å². The van der Waals surface area contributed by atoms with Crippen LogP contribution in [0.3, 0.4) is 0 Å². The van der Waals surface area contributed by atoms with Gasteiger partial charge < -0.3 is 15.9 Å². The Labute approximate surface area is 99.3 Å². The molecule has 2 atom stereocenters. The lowest BCUT2D eigenvalue weighted by Gasteiger charge is -2.16. The topological polar surface area (TPSA) is 104 Å². The summed E-state index contributed by atoms with van der Waals surface area (Å²) in [6, 6.07) is 6.12. The molecule has 1 aliphatic rings. The summed E-state index contributed by atoms with van der Waals surface area (Å²) in [5.74, 6) is 0. The van der Waals surface area contributed by atoms with E-state index in [0.29, 0.717) is 0 Å². The Bertz CT molecular complexity index is 507. The largest absolute Gasteiger partial charge is 0.398 e. The molecule has 4 N–H and O–H groups in total. The first-order valence-corrected chi connectivity index (χ1v) is 6.57. The van der Waals surface area contributed by atoms with Crippen molar-refractivity contribution in [1.82, 2.24) is 4.31 Å². The average Bonchev–Trinajstić information content (AvgIpc) is 2.60. The fourth-order valence-electron chi connectivity index (χ4n) is 1.79. The smallest absolute Gasteiger partial charge is 0.245 e. The summed E-state index contributed by atoms with van der Waals surface area (Å²) in [5, 5.41) is 18.7. The fourth-order valence-corrected chi connectivity index (χ4v) is 3.38. The van der Waals surface area contributed by atoms with Gasteiger partial charge in [-0.3, -0.25) is 0 Å². The van der Waals surface area contributed by atoms with Crippen LogP contribution in [0.2, 0.25) is 0 Å². The van der Waals surface area contributed by atoms with E-state index >= 15 is 0 Å². The number of aliphatic hydroxyl groups excluding tert-OH is 2. The zero-order valence-electron chi connectivity index (χ0n) is 9.02. The second-order valence-corrected chi connectivity index (χ2v) is 5.90. The standard InChI is InChI=1S/C10H14N2O4S/c11-7-3-1-2-4-10(7)17(15,16)12-5-8(13)9(14)6-12/h1-4,8-9,13-14H,5-6,11H2/t8-,9+. The van der Waals surface area contributed by atoms with Gasteiger partial charge in [-0.1, -0.05) is 12.1 Å². The zero-order valence-corrected chi connectivity index (χ0v) is 9.84. The first-order valence-electron chi connectivity index (χ1n) is 5.13. The Balaban J connectivity index is 2.36. The Morgan fingerprint density at radius 3 is 2.24 bits per heavy atom. The first kappa shape index (κ1) is 12.3. The van der Waals surface area contributed by atoms with E-state index in [-0.39, 0.29) is 23.7 Å². The highest BCUT2D eigenvalue weighted by molar-refractivity contribution is 7.89. The number of rotatable bonds is 2. The Morgan fingerprint density at radius 2 is 1.71 bits per heavy atom. The molecule has 0 radical (unpaired) electrons. The van der Waals surface area contributed by atoms with Gasteiger partial charge in [0.2, 0.25) is 10.0 Å². The van der Waals surface area contributed by atoms with Crippen molar-refractivity contribution in [2.45, 2.75) is 17.1 Å². The maximum atomic E-state index is 12.2. The van der Waals surface area contributed by atoms with Crippen LogP contribution in [0.1, 0.15) is 0 Å². The molecule has 0 bridgehead atoms. The first-order chi connectivity index (χ1) is 7.93. The van der Waals surface area contributed by atoms with Crippen molar-refractivity contribution >= 4 is 15.7 Å². The van der Waals surface area contributed by atoms with E-state index in [1.54, 1.807) is 12.1 Å². The molecule has 1 aliphatic heterocycles. The molecule has 0 saturated carbocycles. The lowest BCUT2D eigenvalue weighted by Crippen LogP contribution is -2.30. The van der Waals surface area contributed by atoms with Crippen LogP contribution in [-0.2, 0) is 10.0 Å². The number of aliphatic hydroxyl groups is 2. The minimum absolute atomic E-state index is 0.00120. The van der Waals surface area contributed by atoms with Gasteiger partial charge in [-0.2, -0.15) is 4.31 Å². The fraction of sp³-hybridized carbons (Fsp3) is 0.400. The summed E-state index contributed by atoms with van der Waals surface area (Å²) >= 11 is 0. The summed E-state index contributed by atoms with van der Waals surface area (Å²) in [5.41, 5.74) is 5.77. The predicted octanol–water partition coefficient (Wildman–Crippen LogP) is -1.01. The van der Waals surface area contributed by atoms with Crippen LogP contribution in [-0.4, -0.2) is 48.2 Å². The number of sulfonamides is 1. The van der Waals surface area contributed by atoms with Gasteiger partial charge in [0.1, 0.15) is 4.90 Å². The Kier molecular flexibility index (Phi) is 3.09. The molecular weight excluding hydrogens is 244 g/mol. The molecule has 17 heavy (non-hydrogen) atoms. The van der Waals surface area contributed by atoms with Gasteiger partial charge in [-0.05, 0) is 12.1 Å². The number of hydrogen-bond donors (Lipinski definition) is 3. The number of hydrogen-bond acceptors (Lipinski definition) is 5. The van der Waals surface area contributed by atoms with Crippen LogP contribution < -0.4 is 5.73 Å². The third-order valence-electron chi connectivity index (χ3n) is 2.76. The van der Waals surface area contributed by atoms with E-state index in [2.05, 4.69) is 0 Å². The molecule has 0 amide bonds. The predicted molar refractivity (Wildman–Crippen MR) is 61.6 cm³/mol. The van der Waals surface area contributed by atoms with Crippen LogP contribution in [0.5, 0.6) is 0 Å². The average molecular weight is 258 g/mol. The van der Waals surface area contributed by atoms with Crippen LogP contribution in [0, 0.1) is 0 Å². The molecule has 1 heterocycles. The number of nitrogens with zero attached hydrogens (tertiary/aromatic N) is 1. The van der Waals surface area contributed by atoms with E-state index in [4.69, 9.17) is 5.73 Å². The molecule has 7 heteroatoms. The molecule has 94 valence electrons. The molecule has 1 saturated heterocycles. The van der Waals surface area contributed by atoms with Gasteiger partial charge in [-0.15, -0.1) is 0 Å². The summed E-state index contributed by atoms with van der Waals surface area (Å²) in [6.07, 6.45) is -2.09. The van der Waals surface area contributed by atoms with Crippen molar-refractivity contribution in [1.29, 1.82) is 0 Å².